The van der Waals surface area contributed by atoms with Gasteiger partial charge in [0.25, 0.3) is 5.56 Å². The standard InChI is InChI=1S/C14H11BrFNO3/c1-17-3-2-10(6-13(17)18)14(19)20-8-9-4-11(15)7-12(16)5-9/h2-7H,8H2,1H3. The van der Waals surface area contributed by atoms with Gasteiger partial charge in [-0.3, -0.25) is 4.79 Å². The Morgan fingerprint density at radius 2 is 2.10 bits per heavy atom. The summed E-state index contributed by atoms with van der Waals surface area (Å²) in [7, 11) is 1.59. The molecule has 0 amide bonds. The van der Waals surface area contributed by atoms with E-state index in [1.165, 1.54) is 35.0 Å². The molecule has 1 aromatic carbocycles. The molecule has 0 aliphatic rings. The third-order valence-electron chi connectivity index (χ3n) is 2.63. The summed E-state index contributed by atoms with van der Waals surface area (Å²) in [5, 5.41) is 0. The molecule has 0 atom stereocenters. The predicted molar refractivity (Wildman–Crippen MR) is 74.9 cm³/mol. The van der Waals surface area contributed by atoms with Gasteiger partial charge in [-0.15, -0.1) is 0 Å². The van der Waals surface area contributed by atoms with Crippen molar-refractivity contribution in [3.05, 3.63) is 68.3 Å². The van der Waals surface area contributed by atoms with Crippen molar-refractivity contribution in [2.45, 2.75) is 6.61 Å². The first-order valence-corrected chi connectivity index (χ1v) is 6.54. The second kappa shape index (κ2) is 6.00. The van der Waals surface area contributed by atoms with Crippen molar-refractivity contribution in [2.75, 3.05) is 0 Å². The SMILES string of the molecule is Cn1ccc(C(=O)OCc2cc(F)cc(Br)c2)cc1=O. The molecule has 0 fully saturated rings. The van der Waals surface area contributed by atoms with E-state index in [2.05, 4.69) is 15.9 Å². The molecule has 0 bridgehead atoms. The molecular formula is C14H11BrFNO3. The van der Waals surface area contributed by atoms with Crippen molar-refractivity contribution < 1.29 is 13.9 Å². The van der Waals surface area contributed by atoms with Crippen molar-refractivity contribution in [3.8, 4) is 0 Å². The zero-order chi connectivity index (χ0) is 14.7. The zero-order valence-electron chi connectivity index (χ0n) is 10.6. The Labute approximate surface area is 122 Å². The van der Waals surface area contributed by atoms with Gasteiger partial charge in [0.15, 0.2) is 0 Å². The van der Waals surface area contributed by atoms with Crippen molar-refractivity contribution in [1.29, 1.82) is 0 Å². The Morgan fingerprint density at radius 1 is 1.35 bits per heavy atom. The number of aryl methyl sites for hydroxylation is 1. The van der Waals surface area contributed by atoms with E-state index in [1.54, 1.807) is 13.1 Å². The summed E-state index contributed by atoms with van der Waals surface area (Å²) in [5.41, 5.74) is 0.394. The first-order chi connectivity index (χ1) is 9.45. The van der Waals surface area contributed by atoms with Crippen LogP contribution in [-0.4, -0.2) is 10.5 Å². The molecule has 1 heterocycles. The van der Waals surface area contributed by atoms with Crippen molar-refractivity contribution in [1.82, 2.24) is 4.57 Å². The van der Waals surface area contributed by atoms with Gasteiger partial charge in [0.2, 0.25) is 0 Å². The van der Waals surface area contributed by atoms with Crippen LogP contribution in [0.1, 0.15) is 15.9 Å². The molecule has 4 nitrogen and oxygen atoms in total. The van der Waals surface area contributed by atoms with Crippen LogP contribution in [0.25, 0.3) is 0 Å². The van der Waals surface area contributed by atoms with Gasteiger partial charge >= 0.3 is 5.97 Å². The molecule has 2 aromatic rings. The van der Waals surface area contributed by atoms with Gasteiger partial charge in [0.1, 0.15) is 12.4 Å². The largest absolute Gasteiger partial charge is 0.457 e. The lowest BCUT2D eigenvalue weighted by Crippen LogP contribution is -2.17. The maximum absolute atomic E-state index is 13.2. The summed E-state index contributed by atoms with van der Waals surface area (Å²) in [6, 6.07) is 6.93. The number of esters is 1. The van der Waals surface area contributed by atoms with Crippen molar-refractivity contribution >= 4 is 21.9 Å². The molecule has 0 radical (unpaired) electrons. The number of halogens is 2. The van der Waals surface area contributed by atoms with Crippen molar-refractivity contribution in [2.24, 2.45) is 7.05 Å². The molecule has 2 rings (SSSR count). The summed E-state index contributed by atoms with van der Waals surface area (Å²) in [6.45, 7) is -0.0651. The number of hydrogen-bond donors (Lipinski definition) is 0. The molecule has 0 aliphatic heterocycles. The lowest BCUT2D eigenvalue weighted by atomic mass is 10.2. The number of aromatic nitrogens is 1. The van der Waals surface area contributed by atoms with E-state index < -0.39 is 11.8 Å². The van der Waals surface area contributed by atoms with E-state index in [9.17, 15) is 14.0 Å². The molecular weight excluding hydrogens is 329 g/mol. The second-order valence-corrected chi connectivity index (χ2v) is 5.13. The summed E-state index contributed by atoms with van der Waals surface area (Å²) in [5.74, 6) is -1.04. The van der Waals surface area contributed by atoms with Gasteiger partial charge in [0, 0.05) is 23.8 Å². The summed E-state index contributed by atoms with van der Waals surface area (Å²) < 4.78 is 20.1. The number of carbonyl (C=O) groups is 1. The van der Waals surface area contributed by atoms with E-state index in [-0.39, 0.29) is 17.7 Å². The molecule has 104 valence electrons. The molecule has 1 aromatic heterocycles. The van der Waals surface area contributed by atoms with Crippen LogP contribution in [0, 0.1) is 5.82 Å². The minimum absolute atomic E-state index is 0.0651. The number of pyridine rings is 1. The number of ether oxygens (including phenoxy) is 1. The minimum Gasteiger partial charge on any atom is -0.457 e. The fraction of sp³-hybridized carbons (Fsp3) is 0.143. The fourth-order valence-electron chi connectivity index (χ4n) is 1.60. The van der Waals surface area contributed by atoms with Crippen LogP contribution in [0.2, 0.25) is 0 Å². The Bertz CT molecular complexity index is 692. The van der Waals surface area contributed by atoms with Gasteiger partial charge in [-0.2, -0.15) is 0 Å². The van der Waals surface area contributed by atoms with Crippen LogP contribution in [0.3, 0.4) is 0 Å². The highest BCUT2D eigenvalue weighted by atomic mass is 79.9. The van der Waals surface area contributed by atoms with Crippen molar-refractivity contribution in [3.63, 3.8) is 0 Å². The van der Waals surface area contributed by atoms with E-state index in [0.717, 1.165) is 0 Å². The normalized spacial score (nSPS) is 10.3. The van der Waals surface area contributed by atoms with E-state index in [1.807, 2.05) is 0 Å². The summed E-state index contributed by atoms with van der Waals surface area (Å²) in [6.07, 6.45) is 1.48. The van der Waals surface area contributed by atoms with Gasteiger partial charge in [0.05, 0.1) is 5.56 Å². The Morgan fingerprint density at radius 3 is 2.75 bits per heavy atom. The van der Waals surface area contributed by atoms with Crippen LogP contribution in [0.4, 0.5) is 4.39 Å². The predicted octanol–water partition coefficient (Wildman–Crippen LogP) is 2.64. The van der Waals surface area contributed by atoms with Crippen LogP contribution >= 0.6 is 15.9 Å². The molecule has 0 spiro atoms. The highest BCUT2D eigenvalue weighted by Gasteiger charge is 2.09. The van der Waals surface area contributed by atoms with Gasteiger partial charge in [-0.05, 0) is 29.8 Å². The number of hydrogen-bond acceptors (Lipinski definition) is 3. The Kier molecular flexibility index (Phi) is 4.34. The summed E-state index contributed by atoms with van der Waals surface area (Å²) in [4.78, 5) is 23.2. The van der Waals surface area contributed by atoms with Crippen LogP contribution in [-0.2, 0) is 18.4 Å². The molecule has 0 saturated heterocycles. The highest BCUT2D eigenvalue weighted by molar-refractivity contribution is 9.10. The maximum atomic E-state index is 13.2. The Hall–Kier alpha value is -1.95. The minimum atomic E-state index is -0.622. The molecule has 0 aliphatic carbocycles. The molecule has 0 N–H and O–H groups in total. The quantitative estimate of drug-likeness (QED) is 0.807. The molecule has 20 heavy (non-hydrogen) atoms. The smallest absolute Gasteiger partial charge is 0.338 e. The summed E-state index contributed by atoms with van der Waals surface area (Å²) >= 11 is 3.16. The third kappa shape index (κ3) is 3.54. The average molecular weight is 340 g/mol. The topological polar surface area (TPSA) is 48.3 Å². The van der Waals surface area contributed by atoms with E-state index in [4.69, 9.17) is 4.74 Å². The monoisotopic (exact) mass is 339 g/mol. The number of carbonyl (C=O) groups excluding carboxylic acids is 1. The third-order valence-corrected chi connectivity index (χ3v) is 3.09. The number of benzene rings is 1. The first kappa shape index (κ1) is 14.5. The lowest BCUT2D eigenvalue weighted by molar-refractivity contribution is 0.0472. The zero-order valence-corrected chi connectivity index (χ0v) is 12.2. The molecule has 6 heteroatoms. The Balaban J connectivity index is 2.08. The second-order valence-electron chi connectivity index (χ2n) is 4.22. The van der Waals surface area contributed by atoms with E-state index in [0.29, 0.717) is 10.0 Å². The number of nitrogens with zero attached hydrogens (tertiary/aromatic N) is 1. The lowest BCUT2D eigenvalue weighted by Gasteiger charge is -2.06. The number of rotatable bonds is 3. The van der Waals surface area contributed by atoms with Gasteiger partial charge in [-0.1, -0.05) is 15.9 Å². The van der Waals surface area contributed by atoms with Crippen LogP contribution in [0.15, 0.2) is 45.8 Å². The van der Waals surface area contributed by atoms with Crippen LogP contribution < -0.4 is 5.56 Å². The average Bonchev–Trinajstić information content (AvgIpc) is 2.38. The maximum Gasteiger partial charge on any atom is 0.338 e. The molecule has 0 saturated carbocycles. The first-order valence-electron chi connectivity index (χ1n) is 5.74. The van der Waals surface area contributed by atoms with Gasteiger partial charge < -0.3 is 9.30 Å². The fourth-order valence-corrected chi connectivity index (χ4v) is 2.11. The molecule has 0 unspecified atom stereocenters. The highest BCUT2D eigenvalue weighted by Crippen LogP contribution is 2.16. The van der Waals surface area contributed by atoms with E-state index >= 15 is 0 Å². The van der Waals surface area contributed by atoms with Crippen LogP contribution in [0.5, 0.6) is 0 Å². The van der Waals surface area contributed by atoms with Gasteiger partial charge in [-0.25, -0.2) is 9.18 Å².